The minimum Gasteiger partial charge on any atom is -0.369 e. The fourth-order valence-corrected chi connectivity index (χ4v) is 2.68. The van der Waals surface area contributed by atoms with Crippen molar-refractivity contribution >= 4 is 5.69 Å². The van der Waals surface area contributed by atoms with Gasteiger partial charge in [-0.15, -0.1) is 0 Å². The number of hydrogen-bond donors (Lipinski definition) is 1. The van der Waals surface area contributed by atoms with Gasteiger partial charge in [-0.3, -0.25) is 4.90 Å². The van der Waals surface area contributed by atoms with Crippen LogP contribution < -0.4 is 10.6 Å². The van der Waals surface area contributed by atoms with Gasteiger partial charge in [-0.1, -0.05) is 32.9 Å². The number of benzene rings is 1. The summed E-state index contributed by atoms with van der Waals surface area (Å²) in [4.78, 5) is 5.05. The van der Waals surface area contributed by atoms with Gasteiger partial charge in [-0.2, -0.15) is 0 Å². The van der Waals surface area contributed by atoms with Crippen LogP contribution in [0, 0.1) is 5.41 Å². The highest BCUT2D eigenvalue weighted by Gasteiger charge is 2.21. The molecular weight excluding hydrogens is 234 g/mol. The van der Waals surface area contributed by atoms with Crippen molar-refractivity contribution in [2.75, 3.05) is 37.6 Å². The topological polar surface area (TPSA) is 32.5 Å². The molecule has 2 N–H and O–H groups in total. The van der Waals surface area contributed by atoms with Gasteiger partial charge in [0, 0.05) is 45.0 Å². The zero-order valence-electron chi connectivity index (χ0n) is 12.5. The Kier molecular flexibility index (Phi) is 4.48. The van der Waals surface area contributed by atoms with E-state index in [1.165, 1.54) is 17.8 Å². The molecule has 1 aromatic rings. The molecule has 1 fully saturated rings. The van der Waals surface area contributed by atoms with E-state index in [0.29, 0.717) is 12.0 Å². The van der Waals surface area contributed by atoms with Crippen LogP contribution in [0.4, 0.5) is 5.69 Å². The fourth-order valence-electron chi connectivity index (χ4n) is 2.68. The minimum atomic E-state index is 0.394. The molecule has 0 aromatic heterocycles. The van der Waals surface area contributed by atoms with Crippen molar-refractivity contribution in [1.29, 1.82) is 0 Å². The Balaban J connectivity index is 1.88. The molecule has 0 amide bonds. The summed E-state index contributed by atoms with van der Waals surface area (Å²) < 4.78 is 0. The first-order chi connectivity index (χ1) is 8.98. The van der Waals surface area contributed by atoms with Gasteiger partial charge in [0.25, 0.3) is 0 Å². The average molecular weight is 261 g/mol. The SMILES string of the molecule is CC(C)(C)CN1CCN(c2ccc(CN)cc2)CC1. The van der Waals surface area contributed by atoms with Gasteiger partial charge in [0.05, 0.1) is 0 Å². The molecule has 0 radical (unpaired) electrons. The quantitative estimate of drug-likeness (QED) is 0.906. The zero-order chi connectivity index (χ0) is 13.9. The first-order valence-corrected chi connectivity index (χ1v) is 7.24. The summed E-state index contributed by atoms with van der Waals surface area (Å²) in [5.74, 6) is 0. The van der Waals surface area contributed by atoms with Gasteiger partial charge in [0.2, 0.25) is 0 Å². The van der Waals surface area contributed by atoms with Crippen LogP contribution in [-0.4, -0.2) is 37.6 Å². The molecule has 0 spiro atoms. The monoisotopic (exact) mass is 261 g/mol. The second kappa shape index (κ2) is 5.93. The van der Waals surface area contributed by atoms with Crippen LogP contribution in [0.1, 0.15) is 26.3 Å². The van der Waals surface area contributed by atoms with Crippen LogP contribution in [0.25, 0.3) is 0 Å². The number of rotatable bonds is 3. The first kappa shape index (κ1) is 14.4. The third-order valence-electron chi connectivity index (χ3n) is 3.61. The number of nitrogens with two attached hydrogens (primary N) is 1. The molecule has 1 aliphatic rings. The summed E-state index contributed by atoms with van der Waals surface area (Å²) in [6.07, 6.45) is 0. The van der Waals surface area contributed by atoms with E-state index in [9.17, 15) is 0 Å². The van der Waals surface area contributed by atoms with Crippen LogP contribution in [-0.2, 0) is 6.54 Å². The maximum atomic E-state index is 5.64. The minimum absolute atomic E-state index is 0.394. The summed E-state index contributed by atoms with van der Waals surface area (Å²) in [6.45, 7) is 13.3. The van der Waals surface area contributed by atoms with E-state index in [0.717, 1.165) is 26.2 Å². The Labute approximate surface area is 117 Å². The van der Waals surface area contributed by atoms with Crippen LogP contribution in [0.15, 0.2) is 24.3 Å². The number of piperazine rings is 1. The Hall–Kier alpha value is -1.06. The molecule has 19 heavy (non-hydrogen) atoms. The normalized spacial score (nSPS) is 17.8. The molecule has 1 heterocycles. The highest BCUT2D eigenvalue weighted by Crippen LogP contribution is 2.20. The second-order valence-corrected chi connectivity index (χ2v) is 6.69. The summed E-state index contributed by atoms with van der Waals surface area (Å²) in [7, 11) is 0. The van der Waals surface area contributed by atoms with Gasteiger partial charge in [-0.25, -0.2) is 0 Å². The smallest absolute Gasteiger partial charge is 0.0367 e. The Morgan fingerprint density at radius 3 is 2.05 bits per heavy atom. The molecule has 2 rings (SSSR count). The highest BCUT2D eigenvalue weighted by atomic mass is 15.3. The molecular formula is C16H27N3. The number of anilines is 1. The molecule has 0 unspecified atom stereocenters. The van der Waals surface area contributed by atoms with Crippen molar-refractivity contribution in [3.05, 3.63) is 29.8 Å². The predicted octanol–water partition coefficient (Wildman–Crippen LogP) is 2.31. The van der Waals surface area contributed by atoms with E-state index in [1.54, 1.807) is 0 Å². The van der Waals surface area contributed by atoms with Crippen molar-refractivity contribution in [3.8, 4) is 0 Å². The van der Waals surface area contributed by atoms with Crippen molar-refractivity contribution in [1.82, 2.24) is 4.90 Å². The maximum absolute atomic E-state index is 5.64. The van der Waals surface area contributed by atoms with Gasteiger partial charge in [0.1, 0.15) is 0 Å². The lowest BCUT2D eigenvalue weighted by atomic mass is 9.96. The standard InChI is InChI=1S/C16H27N3/c1-16(2,3)13-18-8-10-19(11-9-18)15-6-4-14(12-17)5-7-15/h4-7H,8-13,17H2,1-3H3. The van der Waals surface area contributed by atoms with Crippen LogP contribution >= 0.6 is 0 Å². The summed E-state index contributed by atoms with van der Waals surface area (Å²) in [6, 6.07) is 8.66. The first-order valence-electron chi connectivity index (χ1n) is 7.24. The van der Waals surface area contributed by atoms with E-state index < -0.39 is 0 Å². The molecule has 106 valence electrons. The predicted molar refractivity (Wildman–Crippen MR) is 82.4 cm³/mol. The van der Waals surface area contributed by atoms with Gasteiger partial charge in [-0.05, 0) is 23.1 Å². The Morgan fingerprint density at radius 1 is 1.00 bits per heavy atom. The van der Waals surface area contributed by atoms with E-state index in [2.05, 4.69) is 54.8 Å². The maximum Gasteiger partial charge on any atom is 0.0367 e. The lowest BCUT2D eigenvalue weighted by Gasteiger charge is -2.38. The number of nitrogens with zero attached hydrogens (tertiary/aromatic N) is 2. The van der Waals surface area contributed by atoms with Gasteiger partial charge < -0.3 is 10.6 Å². The lowest BCUT2D eigenvalue weighted by molar-refractivity contribution is 0.182. The van der Waals surface area contributed by atoms with Crippen molar-refractivity contribution in [2.45, 2.75) is 27.3 Å². The molecule has 1 aliphatic heterocycles. The largest absolute Gasteiger partial charge is 0.369 e. The molecule has 1 saturated heterocycles. The number of hydrogen-bond acceptors (Lipinski definition) is 3. The second-order valence-electron chi connectivity index (χ2n) is 6.69. The summed E-state index contributed by atoms with van der Waals surface area (Å²) in [5.41, 5.74) is 8.56. The van der Waals surface area contributed by atoms with E-state index in [4.69, 9.17) is 5.73 Å². The van der Waals surface area contributed by atoms with Gasteiger partial charge >= 0.3 is 0 Å². The van der Waals surface area contributed by atoms with Crippen LogP contribution in [0.3, 0.4) is 0 Å². The summed E-state index contributed by atoms with van der Waals surface area (Å²) >= 11 is 0. The molecule has 0 aliphatic carbocycles. The molecule has 3 nitrogen and oxygen atoms in total. The molecule has 0 saturated carbocycles. The molecule has 3 heteroatoms. The molecule has 0 bridgehead atoms. The van der Waals surface area contributed by atoms with Gasteiger partial charge in [0.15, 0.2) is 0 Å². The Morgan fingerprint density at radius 2 is 1.58 bits per heavy atom. The highest BCUT2D eigenvalue weighted by molar-refractivity contribution is 5.48. The third kappa shape index (κ3) is 4.22. The third-order valence-corrected chi connectivity index (χ3v) is 3.61. The zero-order valence-corrected chi connectivity index (χ0v) is 12.5. The van der Waals surface area contributed by atoms with E-state index in [1.807, 2.05) is 0 Å². The van der Waals surface area contributed by atoms with Crippen LogP contribution in [0.5, 0.6) is 0 Å². The van der Waals surface area contributed by atoms with Crippen LogP contribution in [0.2, 0.25) is 0 Å². The Bertz CT molecular complexity index is 383. The fraction of sp³-hybridized carbons (Fsp3) is 0.625. The molecule has 0 atom stereocenters. The van der Waals surface area contributed by atoms with Crippen molar-refractivity contribution < 1.29 is 0 Å². The molecule has 1 aromatic carbocycles. The van der Waals surface area contributed by atoms with Crippen molar-refractivity contribution in [3.63, 3.8) is 0 Å². The summed E-state index contributed by atoms with van der Waals surface area (Å²) in [5, 5.41) is 0. The van der Waals surface area contributed by atoms with E-state index in [-0.39, 0.29) is 0 Å². The van der Waals surface area contributed by atoms with Crippen molar-refractivity contribution in [2.24, 2.45) is 11.1 Å². The van der Waals surface area contributed by atoms with E-state index >= 15 is 0 Å². The lowest BCUT2D eigenvalue weighted by Crippen LogP contribution is -2.48. The average Bonchev–Trinajstić information content (AvgIpc) is 2.38.